The Bertz CT molecular complexity index is 1260. The standard InChI is InChI=1S/C28H28N4O4/c1-36-24-11-9-22(10-12-24)31-27(35)32-25(15-19-5-7-20(17-29)8-6-19)26(34)30-18-28(13-14-28)21-3-2-4-23(33)16-21/h2-12,16,25,33H,13-15,18H2,1H3,(H,30,34)(H2,31,32,35)/t25-/m0/s1. The number of amides is 3. The van der Waals surface area contributed by atoms with Crippen molar-refractivity contribution in [1.82, 2.24) is 10.6 Å². The summed E-state index contributed by atoms with van der Waals surface area (Å²) in [5.74, 6) is 0.552. The summed E-state index contributed by atoms with van der Waals surface area (Å²) in [5, 5.41) is 27.4. The second-order valence-electron chi connectivity index (χ2n) is 8.94. The molecule has 0 aliphatic heterocycles. The molecule has 8 heteroatoms. The minimum Gasteiger partial charge on any atom is -0.508 e. The van der Waals surface area contributed by atoms with Gasteiger partial charge in [0.1, 0.15) is 17.5 Å². The first kappa shape index (κ1) is 24.6. The Kier molecular flexibility index (Phi) is 7.40. The normalized spacial score (nSPS) is 14.1. The maximum atomic E-state index is 13.2. The highest BCUT2D eigenvalue weighted by Gasteiger charge is 2.44. The van der Waals surface area contributed by atoms with E-state index in [1.54, 1.807) is 73.8 Å². The van der Waals surface area contributed by atoms with Gasteiger partial charge in [-0.05, 0) is 72.5 Å². The number of nitrogens with zero attached hydrogens (tertiary/aromatic N) is 1. The van der Waals surface area contributed by atoms with Crippen molar-refractivity contribution in [3.63, 3.8) is 0 Å². The third-order valence-corrected chi connectivity index (χ3v) is 6.41. The van der Waals surface area contributed by atoms with E-state index in [-0.39, 0.29) is 23.5 Å². The van der Waals surface area contributed by atoms with Crippen molar-refractivity contribution in [2.45, 2.75) is 30.7 Å². The van der Waals surface area contributed by atoms with Crippen molar-refractivity contribution in [2.75, 3.05) is 19.0 Å². The summed E-state index contributed by atoms with van der Waals surface area (Å²) in [7, 11) is 1.56. The van der Waals surface area contributed by atoms with Crippen LogP contribution in [0.4, 0.5) is 10.5 Å². The molecule has 3 aromatic carbocycles. The molecule has 1 fully saturated rings. The minimum absolute atomic E-state index is 0.195. The van der Waals surface area contributed by atoms with E-state index in [1.807, 2.05) is 6.07 Å². The number of phenols is 1. The minimum atomic E-state index is -0.837. The molecule has 184 valence electrons. The summed E-state index contributed by atoms with van der Waals surface area (Å²) < 4.78 is 5.14. The monoisotopic (exact) mass is 484 g/mol. The Morgan fingerprint density at radius 1 is 1.08 bits per heavy atom. The van der Waals surface area contributed by atoms with E-state index in [0.717, 1.165) is 24.0 Å². The SMILES string of the molecule is COc1ccc(NC(=O)N[C@@H](Cc2ccc(C#N)cc2)C(=O)NCC2(c3cccc(O)c3)CC2)cc1. The third-order valence-electron chi connectivity index (χ3n) is 6.41. The fourth-order valence-electron chi connectivity index (χ4n) is 4.09. The quantitative estimate of drug-likeness (QED) is 0.367. The molecule has 4 rings (SSSR count). The van der Waals surface area contributed by atoms with Crippen LogP contribution in [-0.4, -0.2) is 36.7 Å². The Balaban J connectivity index is 1.44. The highest BCUT2D eigenvalue weighted by Crippen LogP contribution is 2.48. The number of ether oxygens (including phenoxy) is 1. The Morgan fingerprint density at radius 3 is 2.42 bits per heavy atom. The van der Waals surface area contributed by atoms with Crippen molar-refractivity contribution in [1.29, 1.82) is 5.26 Å². The fraction of sp³-hybridized carbons (Fsp3) is 0.250. The highest BCUT2D eigenvalue weighted by atomic mass is 16.5. The van der Waals surface area contributed by atoms with Gasteiger partial charge in [0.25, 0.3) is 0 Å². The van der Waals surface area contributed by atoms with Crippen LogP contribution in [0, 0.1) is 11.3 Å². The van der Waals surface area contributed by atoms with E-state index in [1.165, 1.54) is 0 Å². The maximum Gasteiger partial charge on any atom is 0.319 e. The van der Waals surface area contributed by atoms with Crippen LogP contribution in [0.5, 0.6) is 11.5 Å². The largest absolute Gasteiger partial charge is 0.508 e. The molecule has 0 heterocycles. The number of carbonyl (C=O) groups excluding carboxylic acids is 2. The van der Waals surface area contributed by atoms with Crippen LogP contribution in [-0.2, 0) is 16.6 Å². The summed E-state index contributed by atoms with van der Waals surface area (Å²) in [6.45, 7) is 0.404. The van der Waals surface area contributed by atoms with E-state index >= 15 is 0 Å². The third kappa shape index (κ3) is 6.13. The highest BCUT2D eigenvalue weighted by molar-refractivity contribution is 5.94. The lowest BCUT2D eigenvalue weighted by atomic mass is 9.95. The molecule has 0 aromatic heterocycles. The van der Waals surface area contributed by atoms with Crippen molar-refractivity contribution < 1.29 is 19.4 Å². The van der Waals surface area contributed by atoms with Gasteiger partial charge in [0.15, 0.2) is 0 Å². The summed E-state index contributed by atoms with van der Waals surface area (Å²) in [6, 6.07) is 21.6. The van der Waals surface area contributed by atoms with Crippen LogP contribution in [0.3, 0.4) is 0 Å². The first-order valence-electron chi connectivity index (χ1n) is 11.7. The molecule has 0 unspecified atom stereocenters. The number of benzene rings is 3. The van der Waals surface area contributed by atoms with Crippen molar-refractivity contribution >= 4 is 17.6 Å². The van der Waals surface area contributed by atoms with Gasteiger partial charge in [-0.3, -0.25) is 4.79 Å². The number of hydrogen-bond donors (Lipinski definition) is 4. The molecular formula is C28H28N4O4. The number of carbonyl (C=O) groups is 2. The molecule has 1 aliphatic rings. The molecule has 0 spiro atoms. The number of anilines is 1. The van der Waals surface area contributed by atoms with E-state index < -0.39 is 12.1 Å². The Morgan fingerprint density at radius 2 is 1.81 bits per heavy atom. The van der Waals surface area contributed by atoms with E-state index in [0.29, 0.717) is 23.5 Å². The molecule has 1 aliphatic carbocycles. The van der Waals surface area contributed by atoms with Gasteiger partial charge in [0.2, 0.25) is 5.91 Å². The number of methoxy groups -OCH3 is 1. The van der Waals surface area contributed by atoms with Crippen LogP contribution in [0.1, 0.15) is 29.5 Å². The number of urea groups is 1. The predicted octanol–water partition coefficient (Wildman–Crippen LogP) is 3.85. The lowest BCUT2D eigenvalue weighted by molar-refractivity contribution is -0.123. The molecule has 0 radical (unpaired) electrons. The number of hydrogen-bond acceptors (Lipinski definition) is 5. The topological polar surface area (TPSA) is 123 Å². The number of rotatable bonds is 9. The first-order valence-corrected chi connectivity index (χ1v) is 11.7. The zero-order valence-corrected chi connectivity index (χ0v) is 20.0. The van der Waals surface area contributed by atoms with Crippen LogP contribution in [0.15, 0.2) is 72.8 Å². The number of nitrogens with one attached hydrogen (secondary N) is 3. The summed E-state index contributed by atoms with van der Waals surface area (Å²) in [4.78, 5) is 26.0. The van der Waals surface area contributed by atoms with E-state index in [9.17, 15) is 14.7 Å². The van der Waals surface area contributed by atoms with Gasteiger partial charge in [-0.2, -0.15) is 5.26 Å². The summed E-state index contributed by atoms with van der Waals surface area (Å²) in [5.41, 5.74) is 2.67. The lowest BCUT2D eigenvalue weighted by Gasteiger charge is -2.22. The van der Waals surface area contributed by atoms with Crippen LogP contribution in [0.25, 0.3) is 0 Å². The van der Waals surface area contributed by atoms with Crippen LogP contribution < -0.4 is 20.7 Å². The van der Waals surface area contributed by atoms with Crippen molar-refractivity contribution in [2.24, 2.45) is 0 Å². The molecule has 36 heavy (non-hydrogen) atoms. The summed E-state index contributed by atoms with van der Waals surface area (Å²) >= 11 is 0. The Labute approximate surface area is 209 Å². The smallest absolute Gasteiger partial charge is 0.319 e. The van der Waals surface area contributed by atoms with Gasteiger partial charge in [-0.25, -0.2) is 4.79 Å². The first-order chi connectivity index (χ1) is 17.4. The molecule has 1 saturated carbocycles. The van der Waals surface area contributed by atoms with Crippen LogP contribution in [0.2, 0.25) is 0 Å². The van der Waals surface area contributed by atoms with Crippen LogP contribution >= 0.6 is 0 Å². The van der Waals surface area contributed by atoms with Gasteiger partial charge in [0, 0.05) is 24.1 Å². The molecule has 3 amide bonds. The molecule has 3 aromatic rings. The second kappa shape index (κ2) is 10.8. The molecule has 0 saturated heterocycles. The van der Waals surface area contributed by atoms with Crippen molar-refractivity contribution in [3.05, 3.63) is 89.5 Å². The maximum absolute atomic E-state index is 13.2. The molecule has 8 nitrogen and oxygen atoms in total. The van der Waals surface area contributed by atoms with E-state index in [2.05, 4.69) is 22.0 Å². The van der Waals surface area contributed by atoms with Gasteiger partial charge in [0.05, 0.1) is 18.7 Å². The van der Waals surface area contributed by atoms with Crippen molar-refractivity contribution in [3.8, 4) is 17.6 Å². The van der Waals surface area contributed by atoms with Gasteiger partial charge in [-0.15, -0.1) is 0 Å². The number of aromatic hydroxyl groups is 1. The van der Waals surface area contributed by atoms with E-state index in [4.69, 9.17) is 10.00 Å². The van der Waals surface area contributed by atoms with Gasteiger partial charge < -0.3 is 25.8 Å². The van der Waals surface area contributed by atoms with Gasteiger partial charge >= 0.3 is 6.03 Å². The molecule has 4 N–H and O–H groups in total. The molecule has 0 bridgehead atoms. The molecular weight excluding hydrogens is 456 g/mol. The number of phenolic OH excluding ortho intramolecular Hbond substituents is 1. The predicted molar refractivity (Wildman–Crippen MR) is 136 cm³/mol. The number of nitriles is 1. The second-order valence-corrected chi connectivity index (χ2v) is 8.94. The average Bonchev–Trinajstić information content (AvgIpc) is 3.69. The zero-order chi connectivity index (χ0) is 25.5. The average molecular weight is 485 g/mol. The fourth-order valence-corrected chi connectivity index (χ4v) is 4.09. The summed E-state index contributed by atoms with van der Waals surface area (Å²) in [6.07, 6.45) is 2.07. The molecule has 1 atom stereocenters. The zero-order valence-electron chi connectivity index (χ0n) is 20.0. The van der Waals surface area contributed by atoms with Gasteiger partial charge in [-0.1, -0.05) is 24.3 Å². The Hall–Kier alpha value is -4.51. The lowest BCUT2D eigenvalue weighted by Crippen LogP contribution is -2.50.